The van der Waals surface area contributed by atoms with E-state index in [1.165, 1.54) is 0 Å². The summed E-state index contributed by atoms with van der Waals surface area (Å²) in [5, 5.41) is 35.3. The van der Waals surface area contributed by atoms with Gasteiger partial charge in [0, 0.05) is 23.5 Å². The highest BCUT2D eigenvalue weighted by Gasteiger charge is 2.32. The molecule has 0 spiro atoms. The molecule has 0 fully saturated rings. The van der Waals surface area contributed by atoms with Gasteiger partial charge in [-0.3, -0.25) is 19.2 Å². The lowest BCUT2D eigenvalue weighted by Gasteiger charge is -2.24. The average molecular weight is 554 g/mol. The zero-order valence-corrected chi connectivity index (χ0v) is 21.4. The minimum absolute atomic E-state index is 0.0323. The van der Waals surface area contributed by atoms with Crippen molar-refractivity contribution >= 4 is 40.6 Å². The Morgan fingerprint density at radius 2 is 1.38 bits per heavy atom. The zero-order chi connectivity index (χ0) is 29.2. The number of carbonyl (C=O) groups is 5. The van der Waals surface area contributed by atoms with Gasteiger partial charge in [-0.15, -0.1) is 0 Å². The van der Waals surface area contributed by atoms with Crippen LogP contribution in [0.3, 0.4) is 0 Å². The van der Waals surface area contributed by atoms with Gasteiger partial charge >= 0.3 is 11.9 Å². The molecule has 9 N–H and O–H groups in total. The summed E-state index contributed by atoms with van der Waals surface area (Å²) < 4.78 is 0. The van der Waals surface area contributed by atoms with Crippen LogP contribution < -0.4 is 21.7 Å². The van der Waals surface area contributed by atoms with Gasteiger partial charge in [-0.25, -0.2) is 4.79 Å². The van der Waals surface area contributed by atoms with Gasteiger partial charge in [-0.05, 0) is 23.6 Å². The number of nitrogens with two attached hydrogens (primary N) is 1. The van der Waals surface area contributed by atoms with Gasteiger partial charge in [-0.2, -0.15) is 0 Å². The number of para-hydroxylation sites is 1. The molecule has 0 aliphatic rings. The Bertz CT molecular complexity index is 1360. The number of benzene rings is 2. The molecule has 13 nitrogen and oxygen atoms in total. The Kier molecular flexibility index (Phi) is 10.3. The van der Waals surface area contributed by atoms with Crippen molar-refractivity contribution in [1.82, 2.24) is 20.9 Å². The first kappa shape index (κ1) is 29.8. The largest absolute Gasteiger partial charge is 0.481 e. The van der Waals surface area contributed by atoms with Crippen molar-refractivity contribution in [2.45, 2.75) is 43.4 Å². The number of hydrogen-bond donors (Lipinski definition) is 8. The molecule has 13 heteroatoms. The fourth-order valence-electron chi connectivity index (χ4n) is 4.08. The van der Waals surface area contributed by atoms with Crippen LogP contribution in [0.5, 0.6) is 0 Å². The molecule has 40 heavy (non-hydrogen) atoms. The number of aromatic amines is 1. The van der Waals surface area contributed by atoms with Crippen LogP contribution in [0, 0.1) is 0 Å². The number of nitrogens with one attached hydrogen (secondary N) is 4. The molecule has 212 valence electrons. The van der Waals surface area contributed by atoms with E-state index in [0.29, 0.717) is 5.56 Å². The normalized spacial score (nSPS) is 13.9. The van der Waals surface area contributed by atoms with Crippen molar-refractivity contribution in [3.63, 3.8) is 0 Å². The maximum absolute atomic E-state index is 13.4. The molecular weight excluding hydrogens is 522 g/mol. The number of H-pyrrole nitrogens is 1. The maximum atomic E-state index is 13.4. The molecule has 3 aromatic rings. The summed E-state index contributed by atoms with van der Waals surface area (Å²) >= 11 is 0. The Morgan fingerprint density at radius 1 is 0.775 bits per heavy atom. The molecule has 0 aliphatic heterocycles. The van der Waals surface area contributed by atoms with Gasteiger partial charge in [0.15, 0.2) is 0 Å². The molecule has 2 aromatic carbocycles. The van der Waals surface area contributed by atoms with E-state index in [2.05, 4.69) is 15.6 Å². The summed E-state index contributed by atoms with van der Waals surface area (Å²) in [4.78, 5) is 64.8. The number of fused-ring (bicyclic) bond motifs is 1. The Morgan fingerprint density at radius 3 is 2.02 bits per heavy atom. The summed E-state index contributed by atoms with van der Waals surface area (Å²) in [5.41, 5.74) is 8.36. The van der Waals surface area contributed by atoms with Crippen molar-refractivity contribution in [2.24, 2.45) is 5.73 Å². The van der Waals surface area contributed by atoms with E-state index in [9.17, 15) is 34.2 Å². The minimum atomic E-state index is -1.71. The third-order valence-corrected chi connectivity index (χ3v) is 6.18. The maximum Gasteiger partial charge on any atom is 0.328 e. The molecule has 0 bridgehead atoms. The predicted molar refractivity (Wildman–Crippen MR) is 143 cm³/mol. The summed E-state index contributed by atoms with van der Waals surface area (Å²) in [7, 11) is 0. The van der Waals surface area contributed by atoms with Crippen LogP contribution in [-0.2, 0) is 36.8 Å². The van der Waals surface area contributed by atoms with Crippen LogP contribution >= 0.6 is 0 Å². The topological polar surface area (TPSA) is 224 Å². The van der Waals surface area contributed by atoms with Crippen LogP contribution in [0.15, 0.2) is 60.8 Å². The van der Waals surface area contributed by atoms with Crippen LogP contribution in [0.1, 0.15) is 17.5 Å². The minimum Gasteiger partial charge on any atom is -0.481 e. The number of aromatic nitrogens is 1. The second-order valence-electron chi connectivity index (χ2n) is 9.16. The SMILES string of the molecule is NC(Cc1ccccc1)C(=O)NC(Cc1c[nH]c2ccccc12)C(=O)NC(CC(=O)O)C(=O)NC(CO)C(=O)O. The Labute approximate surface area is 228 Å². The first-order valence-corrected chi connectivity index (χ1v) is 12.4. The monoisotopic (exact) mass is 553 g/mol. The summed E-state index contributed by atoms with van der Waals surface area (Å²) in [6.45, 7) is -0.951. The number of amides is 3. The van der Waals surface area contributed by atoms with Crippen molar-refractivity contribution < 1.29 is 39.3 Å². The van der Waals surface area contributed by atoms with Crippen LogP contribution in [0.2, 0.25) is 0 Å². The molecule has 1 heterocycles. The lowest BCUT2D eigenvalue weighted by molar-refractivity contribution is -0.144. The van der Waals surface area contributed by atoms with Crippen molar-refractivity contribution in [1.29, 1.82) is 0 Å². The second-order valence-corrected chi connectivity index (χ2v) is 9.16. The summed E-state index contributed by atoms with van der Waals surface area (Å²) in [6.07, 6.45) is 0.948. The van der Waals surface area contributed by atoms with E-state index in [0.717, 1.165) is 16.5 Å². The number of carbonyl (C=O) groups excluding carboxylic acids is 3. The number of aliphatic carboxylic acids is 2. The number of hydrogen-bond acceptors (Lipinski definition) is 7. The highest BCUT2D eigenvalue weighted by molar-refractivity contribution is 5.96. The third-order valence-electron chi connectivity index (χ3n) is 6.18. The van der Waals surface area contributed by atoms with E-state index >= 15 is 0 Å². The first-order chi connectivity index (χ1) is 19.1. The standard InChI is InChI=1S/C27H31N5O8/c28-18(10-15-6-2-1-3-7-15)24(36)30-20(11-16-13-29-19-9-5-4-8-17(16)19)25(37)31-21(12-23(34)35)26(38)32-22(14-33)27(39)40/h1-9,13,18,20-22,29,33H,10-12,14,28H2,(H,30,36)(H,31,37)(H,32,38)(H,34,35)(H,39,40). The molecule has 0 radical (unpaired) electrons. The third kappa shape index (κ3) is 8.12. The molecule has 0 saturated carbocycles. The molecule has 3 rings (SSSR count). The Hall–Kier alpha value is -4.75. The molecule has 3 amide bonds. The van der Waals surface area contributed by atoms with Gasteiger partial charge in [0.05, 0.1) is 19.1 Å². The molecule has 0 saturated heterocycles. The number of carboxylic acids is 2. The number of aliphatic hydroxyl groups is 1. The molecule has 4 atom stereocenters. The van der Waals surface area contributed by atoms with Crippen molar-refractivity contribution in [3.05, 3.63) is 71.9 Å². The van der Waals surface area contributed by atoms with E-state index in [-0.39, 0.29) is 12.8 Å². The quantitative estimate of drug-likeness (QED) is 0.126. The second kappa shape index (κ2) is 13.9. The smallest absolute Gasteiger partial charge is 0.328 e. The van der Waals surface area contributed by atoms with Crippen LogP contribution in [-0.4, -0.2) is 80.7 Å². The lowest BCUT2D eigenvalue weighted by atomic mass is 10.0. The number of aliphatic hydroxyl groups excluding tert-OH is 1. The number of rotatable bonds is 14. The summed E-state index contributed by atoms with van der Waals surface area (Å²) in [6, 6.07) is 10.6. The average Bonchev–Trinajstić information content (AvgIpc) is 3.33. The van der Waals surface area contributed by atoms with Gasteiger partial charge in [0.1, 0.15) is 18.1 Å². The van der Waals surface area contributed by atoms with E-state index in [1.54, 1.807) is 36.5 Å². The molecule has 0 aliphatic carbocycles. The fraction of sp³-hybridized carbons (Fsp3) is 0.296. The van der Waals surface area contributed by atoms with Gasteiger partial charge in [-0.1, -0.05) is 48.5 Å². The lowest BCUT2D eigenvalue weighted by Crippen LogP contribution is -2.58. The van der Waals surface area contributed by atoms with Crippen LogP contribution in [0.25, 0.3) is 10.9 Å². The van der Waals surface area contributed by atoms with Crippen molar-refractivity contribution in [2.75, 3.05) is 6.61 Å². The van der Waals surface area contributed by atoms with Gasteiger partial charge in [0.2, 0.25) is 17.7 Å². The first-order valence-electron chi connectivity index (χ1n) is 12.4. The fourth-order valence-corrected chi connectivity index (χ4v) is 4.08. The molecular formula is C27H31N5O8. The predicted octanol–water partition coefficient (Wildman–Crippen LogP) is -0.714. The van der Waals surface area contributed by atoms with Gasteiger partial charge < -0.3 is 42.0 Å². The zero-order valence-electron chi connectivity index (χ0n) is 21.4. The molecule has 4 unspecified atom stereocenters. The van der Waals surface area contributed by atoms with Crippen molar-refractivity contribution in [3.8, 4) is 0 Å². The van der Waals surface area contributed by atoms with E-state index in [1.807, 2.05) is 29.6 Å². The van der Waals surface area contributed by atoms with Gasteiger partial charge in [0.25, 0.3) is 0 Å². The summed E-state index contributed by atoms with van der Waals surface area (Å²) in [5.74, 6) is -5.65. The highest BCUT2D eigenvalue weighted by atomic mass is 16.4. The van der Waals surface area contributed by atoms with E-state index in [4.69, 9.17) is 10.8 Å². The Balaban J connectivity index is 1.83. The van der Waals surface area contributed by atoms with Crippen LogP contribution in [0.4, 0.5) is 0 Å². The molecule has 1 aromatic heterocycles. The van der Waals surface area contributed by atoms with E-state index < -0.39 is 66.9 Å². The number of carboxylic acid groups (broad SMARTS) is 2. The highest BCUT2D eigenvalue weighted by Crippen LogP contribution is 2.19.